The van der Waals surface area contributed by atoms with Gasteiger partial charge in [0.15, 0.2) is 0 Å². The summed E-state index contributed by atoms with van der Waals surface area (Å²) in [5, 5.41) is 11.9. The van der Waals surface area contributed by atoms with Gasteiger partial charge in [-0.3, -0.25) is 4.79 Å². The molecule has 2 N–H and O–H groups in total. The largest absolute Gasteiger partial charge is 0.481 e. The smallest absolute Gasteiger partial charge is 0.317 e. The second kappa shape index (κ2) is 7.02. The first kappa shape index (κ1) is 15.8. The maximum absolute atomic E-state index is 12.1. The van der Waals surface area contributed by atoms with Crippen molar-refractivity contribution in [1.29, 1.82) is 0 Å². The Hall–Kier alpha value is -2.04. The fraction of sp³-hybridized carbons (Fsp3) is 0.556. The summed E-state index contributed by atoms with van der Waals surface area (Å²) in [5.41, 5.74) is 2.50. The van der Waals surface area contributed by atoms with E-state index in [0.717, 1.165) is 11.5 Å². The molecule has 0 atom stereocenters. The number of amides is 2. The van der Waals surface area contributed by atoms with Gasteiger partial charge in [0.1, 0.15) is 0 Å². The Kier molecular flexibility index (Phi) is 4.84. The maximum Gasteiger partial charge on any atom is 0.317 e. The first-order valence-corrected chi connectivity index (χ1v) is 8.48. The highest BCUT2D eigenvalue weighted by Crippen LogP contribution is 2.36. The summed E-state index contributed by atoms with van der Waals surface area (Å²) in [6.45, 7) is 1.55. The number of carboxylic acids is 1. The fourth-order valence-corrected chi connectivity index (χ4v) is 3.27. The van der Waals surface area contributed by atoms with E-state index in [1.807, 2.05) is 0 Å². The predicted molar refractivity (Wildman–Crippen MR) is 87.2 cm³/mol. The third kappa shape index (κ3) is 3.84. The topological polar surface area (TPSA) is 69.6 Å². The Morgan fingerprint density at radius 1 is 1.09 bits per heavy atom. The van der Waals surface area contributed by atoms with Gasteiger partial charge in [-0.25, -0.2) is 4.79 Å². The summed E-state index contributed by atoms with van der Waals surface area (Å²) in [6, 6.07) is 8.42. The highest BCUT2D eigenvalue weighted by molar-refractivity contribution is 5.75. The van der Waals surface area contributed by atoms with E-state index < -0.39 is 5.97 Å². The molecule has 0 bridgehead atoms. The number of piperidine rings is 1. The van der Waals surface area contributed by atoms with Crippen molar-refractivity contribution in [2.24, 2.45) is 5.92 Å². The van der Waals surface area contributed by atoms with Gasteiger partial charge in [-0.1, -0.05) is 30.7 Å². The first-order valence-electron chi connectivity index (χ1n) is 8.48. The van der Waals surface area contributed by atoms with Gasteiger partial charge in [-0.2, -0.15) is 0 Å². The Balaban J connectivity index is 1.44. The zero-order valence-electron chi connectivity index (χ0n) is 13.3. The number of carbonyl (C=O) groups is 2. The molecule has 0 aromatic heterocycles. The summed E-state index contributed by atoms with van der Waals surface area (Å²) in [7, 11) is 0. The van der Waals surface area contributed by atoms with Crippen molar-refractivity contribution in [3.8, 4) is 0 Å². The number of benzene rings is 1. The molecule has 2 fully saturated rings. The average Bonchev–Trinajstić information content (AvgIpc) is 2.52. The molecule has 1 aliphatic carbocycles. The molecule has 0 spiro atoms. The molecule has 1 aromatic rings. The van der Waals surface area contributed by atoms with Crippen molar-refractivity contribution < 1.29 is 14.7 Å². The van der Waals surface area contributed by atoms with Crippen LogP contribution in [0.1, 0.15) is 49.1 Å². The van der Waals surface area contributed by atoms with E-state index in [1.165, 1.54) is 24.8 Å². The van der Waals surface area contributed by atoms with Crippen LogP contribution in [0.3, 0.4) is 0 Å². The quantitative estimate of drug-likeness (QED) is 0.897. The molecule has 0 radical (unpaired) electrons. The number of carbonyl (C=O) groups excluding carboxylic acids is 1. The van der Waals surface area contributed by atoms with E-state index in [0.29, 0.717) is 32.5 Å². The minimum atomic E-state index is -0.753. The van der Waals surface area contributed by atoms with Gasteiger partial charge in [0.2, 0.25) is 0 Å². The molecule has 1 aliphatic heterocycles. The normalized spacial score (nSPS) is 19.2. The second-order valence-corrected chi connectivity index (χ2v) is 6.63. The number of nitrogens with zero attached hydrogens (tertiary/aromatic N) is 1. The monoisotopic (exact) mass is 316 g/mol. The van der Waals surface area contributed by atoms with Crippen molar-refractivity contribution in [1.82, 2.24) is 10.2 Å². The minimum Gasteiger partial charge on any atom is -0.481 e. The van der Waals surface area contributed by atoms with Gasteiger partial charge >= 0.3 is 12.0 Å². The summed E-state index contributed by atoms with van der Waals surface area (Å²) >= 11 is 0. The standard InChI is InChI=1S/C18H24N2O3/c21-17(22)16-8-10-20(11-9-16)18(23)19-12-13-4-6-15(7-5-13)14-2-1-3-14/h4-7,14,16H,1-3,8-12H2,(H,19,23)(H,21,22). The molecule has 3 rings (SSSR count). The van der Waals surface area contributed by atoms with Gasteiger partial charge in [-0.15, -0.1) is 0 Å². The molecular formula is C18H24N2O3. The van der Waals surface area contributed by atoms with Crippen LogP contribution in [0.25, 0.3) is 0 Å². The summed E-state index contributed by atoms with van der Waals surface area (Å²) in [5.74, 6) is -0.330. The Morgan fingerprint density at radius 2 is 1.74 bits per heavy atom. The fourth-order valence-electron chi connectivity index (χ4n) is 3.27. The van der Waals surface area contributed by atoms with Gasteiger partial charge in [-0.05, 0) is 42.7 Å². The van der Waals surface area contributed by atoms with E-state index >= 15 is 0 Å². The number of hydrogen-bond acceptors (Lipinski definition) is 2. The molecule has 1 saturated heterocycles. The number of urea groups is 1. The van der Waals surface area contributed by atoms with Crippen LogP contribution in [0.15, 0.2) is 24.3 Å². The lowest BCUT2D eigenvalue weighted by Crippen LogP contribution is -2.45. The van der Waals surface area contributed by atoms with E-state index in [4.69, 9.17) is 5.11 Å². The number of rotatable bonds is 4. The number of likely N-dealkylation sites (tertiary alicyclic amines) is 1. The molecule has 0 unspecified atom stereocenters. The molecule has 1 heterocycles. The third-order valence-electron chi connectivity index (χ3n) is 5.13. The number of nitrogens with one attached hydrogen (secondary N) is 1. The van der Waals surface area contributed by atoms with Crippen LogP contribution in [-0.4, -0.2) is 35.1 Å². The molecule has 1 saturated carbocycles. The van der Waals surface area contributed by atoms with Crippen LogP contribution in [0.5, 0.6) is 0 Å². The third-order valence-corrected chi connectivity index (χ3v) is 5.13. The Bertz CT molecular complexity index is 558. The number of hydrogen-bond donors (Lipinski definition) is 2. The highest BCUT2D eigenvalue weighted by Gasteiger charge is 2.26. The lowest BCUT2D eigenvalue weighted by atomic mass is 9.80. The van der Waals surface area contributed by atoms with Crippen LogP contribution in [0.4, 0.5) is 4.79 Å². The Labute approximate surface area is 136 Å². The van der Waals surface area contributed by atoms with Crippen molar-refractivity contribution >= 4 is 12.0 Å². The first-order chi connectivity index (χ1) is 11.1. The summed E-state index contributed by atoms with van der Waals surface area (Å²) < 4.78 is 0. The zero-order valence-corrected chi connectivity index (χ0v) is 13.3. The molecule has 5 nitrogen and oxygen atoms in total. The molecule has 2 aliphatic rings. The van der Waals surface area contributed by atoms with E-state index in [2.05, 4.69) is 29.6 Å². The van der Waals surface area contributed by atoms with Gasteiger partial charge < -0.3 is 15.3 Å². The van der Waals surface area contributed by atoms with Gasteiger partial charge in [0.25, 0.3) is 0 Å². The number of aliphatic carboxylic acids is 1. The second-order valence-electron chi connectivity index (χ2n) is 6.63. The molecule has 23 heavy (non-hydrogen) atoms. The van der Waals surface area contributed by atoms with Crippen molar-refractivity contribution in [2.75, 3.05) is 13.1 Å². The highest BCUT2D eigenvalue weighted by atomic mass is 16.4. The van der Waals surface area contributed by atoms with E-state index in [1.54, 1.807) is 4.90 Å². The van der Waals surface area contributed by atoms with Crippen molar-refractivity contribution in [3.05, 3.63) is 35.4 Å². The van der Waals surface area contributed by atoms with Crippen LogP contribution in [0.2, 0.25) is 0 Å². The lowest BCUT2D eigenvalue weighted by Gasteiger charge is -2.30. The van der Waals surface area contributed by atoms with Crippen LogP contribution < -0.4 is 5.32 Å². The predicted octanol–water partition coefficient (Wildman–Crippen LogP) is 2.96. The molecule has 1 aromatic carbocycles. The summed E-state index contributed by atoms with van der Waals surface area (Å²) in [4.78, 5) is 24.8. The SMILES string of the molecule is O=C(O)C1CCN(C(=O)NCc2ccc(C3CCC3)cc2)CC1. The molecule has 2 amide bonds. The zero-order chi connectivity index (χ0) is 16.2. The van der Waals surface area contributed by atoms with Crippen LogP contribution in [0, 0.1) is 5.92 Å². The molecule has 5 heteroatoms. The minimum absolute atomic E-state index is 0.100. The maximum atomic E-state index is 12.1. The lowest BCUT2D eigenvalue weighted by molar-refractivity contribution is -0.143. The summed E-state index contributed by atoms with van der Waals surface area (Å²) in [6.07, 6.45) is 5.00. The van der Waals surface area contributed by atoms with E-state index in [9.17, 15) is 9.59 Å². The van der Waals surface area contributed by atoms with Crippen LogP contribution >= 0.6 is 0 Å². The van der Waals surface area contributed by atoms with Gasteiger partial charge in [0.05, 0.1) is 5.92 Å². The van der Waals surface area contributed by atoms with Crippen molar-refractivity contribution in [3.63, 3.8) is 0 Å². The average molecular weight is 316 g/mol. The van der Waals surface area contributed by atoms with Gasteiger partial charge in [0, 0.05) is 19.6 Å². The molecular weight excluding hydrogens is 292 g/mol. The van der Waals surface area contributed by atoms with Crippen LogP contribution in [-0.2, 0) is 11.3 Å². The number of carboxylic acid groups (broad SMARTS) is 1. The molecule has 124 valence electrons. The Morgan fingerprint density at radius 3 is 2.26 bits per heavy atom. The van der Waals surface area contributed by atoms with E-state index in [-0.39, 0.29) is 11.9 Å². The van der Waals surface area contributed by atoms with Crippen molar-refractivity contribution in [2.45, 2.75) is 44.6 Å².